The molecule has 1 aliphatic heterocycles. The lowest BCUT2D eigenvalue weighted by atomic mass is 10.1. The van der Waals surface area contributed by atoms with Crippen LogP contribution in [0.3, 0.4) is 0 Å². The summed E-state index contributed by atoms with van der Waals surface area (Å²) in [6, 6.07) is 22.6. The number of amides is 1. The first-order chi connectivity index (χ1) is 19.7. The number of aliphatic imine (C=N–C) groups is 1. The van der Waals surface area contributed by atoms with Crippen LogP contribution in [0.4, 0.5) is 11.4 Å². The smallest absolute Gasteiger partial charge is 0.271 e. The highest BCUT2D eigenvalue weighted by molar-refractivity contribution is 8.19. The number of hydrogen-bond donors (Lipinski definition) is 0. The molecule has 0 atom stereocenters. The summed E-state index contributed by atoms with van der Waals surface area (Å²) in [5.41, 5.74) is 2.66. The molecular weight excluding hydrogens is 646 g/mol. The summed E-state index contributed by atoms with van der Waals surface area (Å²) >= 11 is 32.2. The lowest BCUT2D eigenvalue weighted by Gasteiger charge is -2.16. The van der Waals surface area contributed by atoms with Crippen LogP contribution in [0.5, 0.6) is 11.5 Å². The minimum Gasteiger partial charge on any atom is -0.493 e. The van der Waals surface area contributed by atoms with Crippen molar-refractivity contribution >= 4 is 98.3 Å². The summed E-state index contributed by atoms with van der Waals surface area (Å²) < 4.78 is 11.5. The topological polar surface area (TPSA) is 51.1 Å². The van der Waals surface area contributed by atoms with Gasteiger partial charge in [0.05, 0.1) is 28.4 Å². The number of amidine groups is 1. The highest BCUT2D eigenvalue weighted by Crippen LogP contribution is 2.41. The Hall–Kier alpha value is -2.84. The maximum Gasteiger partial charge on any atom is 0.271 e. The van der Waals surface area contributed by atoms with E-state index in [-0.39, 0.29) is 12.5 Å². The minimum atomic E-state index is -0.252. The highest BCUT2D eigenvalue weighted by Gasteiger charge is 2.35. The number of rotatable bonds is 7. The van der Waals surface area contributed by atoms with Crippen molar-refractivity contribution in [1.29, 1.82) is 0 Å². The van der Waals surface area contributed by atoms with E-state index in [4.69, 9.17) is 72.5 Å². The number of carbonyl (C=O) groups is 1. The summed E-state index contributed by atoms with van der Waals surface area (Å²) in [6.07, 6.45) is 1.73. The molecule has 5 nitrogen and oxygen atoms in total. The van der Waals surface area contributed by atoms with E-state index >= 15 is 0 Å². The van der Waals surface area contributed by atoms with Crippen LogP contribution in [-0.4, -0.2) is 18.2 Å². The van der Waals surface area contributed by atoms with Crippen molar-refractivity contribution in [3.63, 3.8) is 0 Å². The molecule has 1 amide bonds. The molecule has 1 saturated heterocycles. The zero-order valence-electron chi connectivity index (χ0n) is 21.2. The van der Waals surface area contributed by atoms with E-state index in [9.17, 15) is 4.79 Å². The van der Waals surface area contributed by atoms with Crippen molar-refractivity contribution in [2.24, 2.45) is 4.99 Å². The van der Waals surface area contributed by atoms with Gasteiger partial charge in [0.25, 0.3) is 5.91 Å². The van der Waals surface area contributed by atoms with Gasteiger partial charge in [-0.3, -0.25) is 9.69 Å². The Morgan fingerprint density at radius 3 is 2.15 bits per heavy atom. The first-order valence-electron chi connectivity index (χ1n) is 12.0. The summed E-state index contributed by atoms with van der Waals surface area (Å²) in [4.78, 5) is 20.4. The second-order valence-electron chi connectivity index (χ2n) is 8.66. The van der Waals surface area contributed by atoms with Crippen molar-refractivity contribution in [3.8, 4) is 11.5 Å². The van der Waals surface area contributed by atoms with E-state index in [1.807, 2.05) is 0 Å². The Morgan fingerprint density at radius 2 is 1.49 bits per heavy atom. The van der Waals surface area contributed by atoms with E-state index < -0.39 is 0 Å². The molecular formula is C30H19Cl5N2O3S. The van der Waals surface area contributed by atoms with Gasteiger partial charge < -0.3 is 9.47 Å². The van der Waals surface area contributed by atoms with Gasteiger partial charge in [-0.15, -0.1) is 0 Å². The SMILES string of the molecule is COc1cc(/C=C2\SC(=Nc3ccc(Cl)cc3)N(c3ccc(Cl)cc3)C2=O)cc(Cl)c1OCc1ccc(Cl)cc1Cl. The minimum absolute atomic E-state index is 0.154. The summed E-state index contributed by atoms with van der Waals surface area (Å²) in [5.74, 6) is 0.493. The van der Waals surface area contributed by atoms with Gasteiger partial charge in [-0.2, -0.15) is 0 Å². The Morgan fingerprint density at radius 1 is 0.829 bits per heavy atom. The molecule has 11 heteroatoms. The van der Waals surface area contributed by atoms with Gasteiger partial charge in [0.2, 0.25) is 0 Å². The van der Waals surface area contributed by atoms with Crippen molar-refractivity contribution in [1.82, 2.24) is 0 Å². The van der Waals surface area contributed by atoms with Crippen LogP contribution >= 0.6 is 69.8 Å². The zero-order chi connectivity index (χ0) is 29.1. The predicted molar refractivity (Wildman–Crippen MR) is 172 cm³/mol. The number of ether oxygens (including phenoxy) is 2. The average Bonchev–Trinajstić information content (AvgIpc) is 3.24. The van der Waals surface area contributed by atoms with Crippen molar-refractivity contribution in [3.05, 3.63) is 120 Å². The van der Waals surface area contributed by atoms with Crippen LogP contribution in [0.2, 0.25) is 25.1 Å². The van der Waals surface area contributed by atoms with Crippen molar-refractivity contribution in [2.45, 2.75) is 6.61 Å². The van der Waals surface area contributed by atoms with Crippen LogP contribution in [0.15, 0.2) is 88.8 Å². The molecule has 0 aromatic heterocycles. The number of thioether (sulfide) groups is 1. The standard InChI is InChI=1S/C30H19Cl5N2O3S/c1-39-26-13-17(12-25(35)28(26)40-16-18-2-3-21(33)15-24(18)34)14-27-29(38)37(23-10-6-20(32)7-11-23)30(41-27)36-22-8-4-19(31)5-9-22/h2-15H,16H2,1H3/b27-14-,36-30?. The molecule has 1 heterocycles. The van der Waals surface area contributed by atoms with E-state index in [1.165, 1.54) is 23.8 Å². The fraction of sp³-hybridized carbons (Fsp3) is 0.0667. The maximum atomic E-state index is 13.7. The lowest BCUT2D eigenvalue weighted by Crippen LogP contribution is -2.28. The van der Waals surface area contributed by atoms with Gasteiger partial charge in [0, 0.05) is 25.7 Å². The van der Waals surface area contributed by atoms with Gasteiger partial charge >= 0.3 is 0 Å². The predicted octanol–water partition coefficient (Wildman–Crippen LogP) is 10.3. The molecule has 1 aliphatic rings. The molecule has 4 aromatic rings. The molecule has 0 radical (unpaired) electrons. The van der Waals surface area contributed by atoms with E-state index in [0.717, 1.165) is 5.56 Å². The number of anilines is 1. The third-order valence-electron chi connectivity index (χ3n) is 5.88. The average molecular weight is 665 g/mol. The summed E-state index contributed by atoms with van der Waals surface area (Å²) in [5, 5.41) is 2.94. The van der Waals surface area contributed by atoms with Crippen molar-refractivity contribution < 1.29 is 14.3 Å². The van der Waals surface area contributed by atoms with Gasteiger partial charge in [0.1, 0.15) is 6.61 Å². The van der Waals surface area contributed by atoms with Gasteiger partial charge in [-0.25, -0.2) is 4.99 Å². The van der Waals surface area contributed by atoms with Gasteiger partial charge in [0.15, 0.2) is 16.7 Å². The Balaban J connectivity index is 1.47. The largest absolute Gasteiger partial charge is 0.493 e. The normalized spacial score (nSPS) is 15.2. The number of halogens is 5. The molecule has 208 valence electrons. The maximum absolute atomic E-state index is 13.7. The Labute approximate surface area is 266 Å². The van der Waals surface area contributed by atoms with Crippen LogP contribution in [0.1, 0.15) is 11.1 Å². The summed E-state index contributed by atoms with van der Waals surface area (Å²) in [6.45, 7) is 0.154. The number of methoxy groups -OCH3 is 1. The van der Waals surface area contributed by atoms with Crippen LogP contribution in [0.25, 0.3) is 6.08 Å². The molecule has 0 aliphatic carbocycles. The molecule has 5 rings (SSSR count). The first kappa shape index (κ1) is 29.6. The molecule has 1 fully saturated rings. The van der Waals surface area contributed by atoms with Crippen LogP contribution in [-0.2, 0) is 11.4 Å². The van der Waals surface area contributed by atoms with Crippen LogP contribution < -0.4 is 14.4 Å². The second-order valence-corrected chi connectivity index (χ2v) is 11.8. The fourth-order valence-electron chi connectivity index (χ4n) is 3.90. The van der Waals surface area contributed by atoms with E-state index in [1.54, 1.807) is 84.9 Å². The highest BCUT2D eigenvalue weighted by atomic mass is 35.5. The summed E-state index contributed by atoms with van der Waals surface area (Å²) in [7, 11) is 1.51. The van der Waals surface area contributed by atoms with Crippen LogP contribution in [0, 0.1) is 0 Å². The Kier molecular flexibility index (Phi) is 9.39. The quantitative estimate of drug-likeness (QED) is 0.185. The van der Waals surface area contributed by atoms with Gasteiger partial charge in [-0.05, 0) is 96.2 Å². The van der Waals surface area contributed by atoms with E-state index in [0.29, 0.717) is 63.6 Å². The second kappa shape index (κ2) is 13.0. The third kappa shape index (κ3) is 6.97. The third-order valence-corrected chi connectivity index (χ3v) is 8.22. The molecule has 4 aromatic carbocycles. The molecule has 41 heavy (non-hydrogen) atoms. The molecule has 0 spiro atoms. The first-order valence-corrected chi connectivity index (χ1v) is 14.7. The van der Waals surface area contributed by atoms with Crippen molar-refractivity contribution in [2.75, 3.05) is 12.0 Å². The lowest BCUT2D eigenvalue weighted by molar-refractivity contribution is -0.113. The molecule has 0 bridgehead atoms. The molecule has 0 N–H and O–H groups in total. The number of benzene rings is 4. The Bertz CT molecular complexity index is 1680. The molecule has 0 unspecified atom stereocenters. The number of nitrogens with zero attached hydrogens (tertiary/aromatic N) is 2. The van der Waals surface area contributed by atoms with E-state index in [2.05, 4.69) is 0 Å². The van der Waals surface area contributed by atoms with Gasteiger partial charge in [-0.1, -0.05) is 64.1 Å². The number of carbonyl (C=O) groups excluding carboxylic acids is 1. The monoisotopic (exact) mass is 662 g/mol. The molecule has 0 saturated carbocycles. The fourth-order valence-corrected chi connectivity index (χ4v) is 5.89. The zero-order valence-corrected chi connectivity index (χ0v) is 25.8. The number of hydrogen-bond acceptors (Lipinski definition) is 5.